The van der Waals surface area contributed by atoms with Crippen molar-refractivity contribution in [2.24, 2.45) is 0 Å². The normalized spacial score (nSPS) is 13.1. The molecule has 6 aromatic rings. The summed E-state index contributed by atoms with van der Waals surface area (Å²) in [5.74, 6) is 3.60. The minimum absolute atomic E-state index is 0.0885. The molecule has 1 aromatic heterocycles. The predicted octanol–water partition coefficient (Wildman–Crippen LogP) is 6.45. The molecule has 3 heterocycles. The lowest BCUT2D eigenvalue weighted by molar-refractivity contribution is 0.465. The third kappa shape index (κ3) is 2.46. The topological polar surface area (TPSA) is 18.5 Å². The van der Waals surface area contributed by atoms with Crippen molar-refractivity contribution in [2.75, 3.05) is 0 Å². The summed E-state index contributed by atoms with van der Waals surface area (Å²) >= 11 is 1.84. The Morgan fingerprint density at radius 3 is 2.12 bits per heavy atom. The van der Waals surface area contributed by atoms with E-state index in [1.54, 1.807) is 0 Å². The first-order valence-corrected chi connectivity index (χ1v) is 12.3. The van der Waals surface area contributed by atoms with Crippen LogP contribution in [0.2, 0.25) is 0 Å². The summed E-state index contributed by atoms with van der Waals surface area (Å²) in [4.78, 5) is 0. The summed E-state index contributed by atoms with van der Waals surface area (Å²) in [7, 11) is 0. The van der Waals surface area contributed by atoms with Crippen LogP contribution in [-0.2, 0) is 0 Å². The molecule has 8 rings (SSSR count). The molecular weight excluding hydrogens is 435 g/mol. The first-order valence-electron chi connectivity index (χ1n) is 11.5. The van der Waals surface area contributed by atoms with Crippen LogP contribution in [0, 0.1) is 0 Å². The Bertz CT molecular complexity index is 1770. The van der Waals surface area contributed by atoms with Crippen molar-refractivity contribution in [1.82, 2.24) is 0 Å². The Balaban J connectivity index is 1.40. The van der Waals surface area contributed by atoms with Gasteiger partial charge in [0.05, 0.1) is 0 Å². The minimum atomic E-state index is 0.0885. The second-order valence-corrected chi connectivity index (χ2v) is 9.96. The fourth-order valence-corrected chi connectivity index (χ4v) is 6.59. The van der Waals surface area contributed by atoms with Gasteiger partial charge in [0.2, 0.25) is 0 Å². The summed E-state index contributed by atoms with van der Waals surface area (Å²) < 4.78 is 15.6. The van der Waals surface area contributed by atoms with Gasteiger partial charge in [-0.1, -0.05) is 60.7 Å². The SMILES string of the molecule is c1ccc2c(c1)Oc1ccc(-c3ccc4sc5ccccc5c4c3)c3c1B2c1ccccc1O3. The van der Waals surface area contributed by atoms with Crippen molar-refractivity contribution in [3.05, 3.63) is 103 Å². The second-order valence-electron chi connectivity index (χ2n) is 8.88. The van der Waals surface area contributed by atoms with Gasteiger partial charge in [-0.05, 0) is 59.0 Å². The van der Waals surface area contributed by atoms with Gasteiger partial charge >= 0.3 is 0 Å². The number of fused-ring (bicyclic) bond motifs is 7. The van der Waals surface area contributed by atoms with E-state index in [1.165, 1.54) is 31.1 Å². The zero-order chi connectivity index (χ0) is 22.2. The molecular formula is C30H17BO2S. The molecule has 0 unspecified atom stereocenters. The van der Waals surface area contributed by atoms with Crippen LogP contribution in [0.25, 0.3) is 31.3 Å². The van der Waals surface area contributed by atoms with E-state index in [1.807, 2.05) is 23.5 Å². The van der Waals surface area contributed by atoms with Gasteiger partial charge in [-0.15, -0.1) is 11.3 Å². The molecule has 34 heavy (non-hydrogen) atoms. The van der Waals surface area contributed by atoms with Gasteiger partial charge in [0.25, 0.3) is 6.71 Å². The Hall–Kier alpha value is -4.02. The zero-order valence-corrected chi connectivity index (χ0v) is 18.9. The fourth-order valence-electron chi connectivity index (χ4n) is 5.51. The summed E-state index contributed by atoms with van der Waals surface area (Å²) in [5, 5.41) is 2.59. The van der Waals surface area contributed by atoms with Gasteiger partial charge in [0.15, 0.2) is 0 Å². The molecule has 0 radical (unpaired) electrons. The lowest BCUT2D eigenvalue weighted by Crippen LogP contribution is -2.57. The molecule has 0 fully saturated rings. The molecule has 4 heteroatoms. The highest BCUT2D eigenvalue weighted by molar-refractivity contribution is 7.25. The van der Waals surface area contributed by atoms with Gasteiger partial charge in [-0.3, -0.25) is 0 Å². The smallest absolute Gasteiger partial charge is 0.260 e. The second kappa shape index (κ2) is 6.75. The Morgan fingerprint density at radius 2 is 1.26 bits per heavy atom. The molecule has 5 aromatic carbocycles. The van der Waals surface area contributed by atoms with E-state index in [4.69, 9.17) is 9.47 Å². The van der Waals surface area contributed by atoms with Crippen LogP contribution < -0.4 is 25.9 Å². The third-order valence-electron chi connectivity index (χ3n) is 7.02. The van der Waals surface area contributed by atoms with Gasteiger partial charge in [0, 0.05) is 31.2 Å². The van der Waals surface area contributed by atoms with Crippen LogP contribution in [0.3, 0.4) is 0 Å². The number of para-hydroxylation sites is 2. The van der Waals surface area contributed by atoms with E-state index >= 15 is 0 Å². The maximum Gasteiger partial charge on any atom is 0.260 e. The Labute approximate surface area is 201 Å². The number of thiophene rings is 1. The third-order valence-corrected chi connectivity index (χ3v) is 8.18. The van der Waals surface area contributed by atoms with Crippen LogP contribution >= 0.6 is 11.3 Å². The highest BCUT2D eigenvalue weighted by Crippen LogP contribution is 2.42. The molecule has 0 aliphatic carbocycles. The van der Waals surface area contributed by atoms with Crippen molar-refractivity contribution < 1.29 is 9.47 Å². The summed E-state index contributed by atoms with van der Waals surface area (Å²) in [6.45, 7) is 0.0885. The van der Waals surface area contributed by atoms with E-state index in [2.05, 4.69) is 91.0 Å². The number of benzene rings is 5. The van der Waals surface area contributed by atoms with Crippen LogP contribution in [0.4, 0.5) is 0 Å². The Morgan fingerprint density at radius 1 is 0.559 bits per heavy atom. The van der Waals surface area contributed by atoms with E-state index in [0.29, 0.717) is 0 Å². The number of hydrogen-bond acceptors (Lipinski definition) is 3. The quantitative estimate of drug-likeness (QED) is 0.267. The lowest BCUT2D eigenvalue weighted by Gasteiger charge is -2.33. The minimum Gasteiger partial charge on any atom is -0.458 e. The Kier molecular flexibility index (Phi) is 3.66. The van der Waals surface area contributed by atoms with Crippen molar-refractivity contribution in [3.8, 4) is 34.1 Å². The largest absolute Gasteiger partial charge is 0.458 e. The molecule has 2 aliphatic rings. The molecule has 2 aliphatic heterocycles. The zero-order valence-electron chi connectivity index (χ0n) is 18.1. The maximum absolute atomic E-state index is 6.63. The van der Waals surface area contributed by atoms with E-state index < -0.39 is 0 Å². The van der Waals surface area contributed by atoms with Gasteiger partial charge in [0.1, 0.15) is 23.0 Å². The van der Waals surface area contributed by atoms with Crippen LogP contribution in [0.15, 0.2) is 103 Å². The van der Waals surface area contributed by atoms with Gasteiger partial charge < -0.3 is 9.47 Å². The van der Waals surface area contributed by atoms with Crippen molar-refractivity contribution in [3.63, 3.8) is 0 Å². The van der Waals surface area contributed by atoms with Gasteiger partial charge in [-0.2, -0.15) is 0 Å². The molecule has 0 spiro atoms. The molecule has 0 atom stereocenters. The molecule has 0 saturated carbocycles. The average Bonchev–Trinajstić information content (AvgIpc) is 3.26. The number of hydrogen-bond donors (Lipinski definition) is 0. The van der Waals surface area contributed by atoms with Crippen LogP contribution in [0.1, 0.15) is 0 Å². The monoisotopic (exact) mass is 452 g/mol. The standard InChI is InChI=1S/C30H17BO2S/c1-6-12-27-20(7-1)21-17-18(13-16-28(21)34-27)19-14-15-26-29-30(19)33-25-11-5-3-9-23(25)31(29)22-8-2-4-10-24(22)32-26/h1-17H. The molecule has 0 bridgehead atoms. The van der Waals surface area contributed by atoms with E-state index in [0.717, 1.165) is 39.6 Å². The highest BCUT2D eigenvalue weighted by Gasteiger charge is 2.40. The van der Waals surface area contributed by atoms with Crippen LogP contribution in [0.5, 0.6) is 23.0 Å². The molecule has 158 valence electrons. The van der Waals surface area contributed by atoms with Crippen molar-refractivity contribution in [2.45, 2.75) is 0 Å². The number of rotatable bonds is 1. The van der Waals surface area contributed by atoms with Crippen molar-refractivity contribution in [1.29, 1.82) is 0 Å². The first-order chi connectivity index (χ1) is 16.8. The first kappa shape index (κ1) is 18.4. The molecule has 0 amide bonds. The van der Waals surface area contributed by atoms with Crippen LogP contribution in [-0.4, -0.2) is 6.71 Å². The predicted molar refractivity (Wildman–Crippen MR) is 142 cm³/mol. The summed E-state index contributed by atoms with van der Waals surface area (Å²) in [6, 6.07) is 36.4. The van der Waals surface area contributed by atoms with E-state index in [9.17, 15) is 0 Å². The summed E-state index contributed by atoms with van der Waals surface area (Å²) in [6.07, 6.45) is 0. The molecule has 2 nitrogen and oxygen atoms in total. The van der Waals surface area contributed by atoms with Crippen molar-refractivity contribution >= 4 is 54.6 Å². The molecule has 0 saturated heterocycles. The van der Waals surface area contributed by atoms with Gasteiger partial charge in [-0.25, -0.2) is 0 Å². The van der Waals surface area contributed by atoms with E-state index in [-0.39, 0.29) is 6.71 Å². The fraction of sp³-hybridized carbons (Fsp3) is 0. The highest BCUT2D eigenvalue weighted by atomic mass is 32.1. The maximum atomic E-state index is 6.63. The summed E-state index contributed by atoms with van der Waals surface area (Å²) in [5.41, 5.74) is 5.74. The lowest BCUT2D eigenvalue weighted by atomic mass is 9.34. The average molecular weight is 452 g/mol. The molecule has 0 N–H and O–H groups in total. The number of ether oxygens (including phenoxy) is 2.